The average molecular weight is 244 g/mol. The van der Waals surface area contributed by atoms with Crippen molar-refractivity contribution < 1.29 is 9.21 Å². The third kappa shape index (κ3) is 2.77. The second kappa shape index (κ2) is 5.49. The summed E-state index contributed by atoms with van der Waals surface area (Å²) < 4.78 is 5.21. The van der Waals surface area contributed by atoms with Crippen LogP contribution < -0.4 is 5.32 Å². The number of nitrogens with one attached hydrogen (secondary N) is 1. The molecule has 2 heterocycles. The lowest BCUT2D eigenvalue weighted by Gasteiger charge is -2.05. The summed E-state index contributed by atoms with van der Waals surface area (Å²) in [5.41, 5.74) is 2.62. The molecule has 0 aliphatic heterocycles. The van der Waals surface area contributed by atoms with Crippen molar-refractivity contribution >= 4 is 5.91 Å². The lowest BCUT2D eigenvalue weighted by atomic mass is 10.1. The monoisotopic (exact) mass is 244 g/mol. The molecule has 0 saturated carbocycles. The van der Waals surface area contributed by atoms with Crippen LogP contribution in [0.4, 0.5) is 0 Å². The molecule has 0 spiro atoms. The van der Waals surface area contributed by atoms with Gasteiger partial charge in [-0.1, -0.05) is 6.07 Å². The summed E-state index contributed by atoms with van der Waals surface area (Å²) in [7, 11) is 0. The van der Waals surface area contributed by atoms with Crippen LogP contribution in [0.15, 0.2) is 35.2 Å². The van der Waals surface area contributed by atoms with Gasteiger partial charge in [0.05, 0.1) is 11.8 Å². The maximum atomic E-state index is 12.0. The molecular weight excluding hydrogens is 228 g/mol. The predicted octanol–water partition coefficient (Wildman–Crippen LogP) is 2.26. The molecule has 0 saturated heterocycles. The Bertz CT molecular complexity index is 512. The Labute approximate surface area is 106 Å². The first-order chi connectivity index (χ1) is 8.68. The molecule has 4 nitrogen and oxygen atoms in total. The second-order valence-corrected chi connectivity index (χ2v) is 4.22. The minimum atomic E-state index is -0.0809. The molecule has 0 radical (unpaired) electrons. The summed E-state index contributed by atoms with van der Waals surface area (Å²) >= 11 is 0. The van der Waals surface area contributed by atoms with E-state index in [1.165, 1.54) is 0 Å². The molecule has 0 fully saturated rings. The van der Waals surface area contributed by atoms with Crippen molar-refractivity contribution in [1.29, 1.82) is 0 Å². The number of aryl methyl sites for hydroxylation is 2. The Kier molecular flexibility index (Phi) is 3.77. The topological polar surface area (TPSA) is 55.1 Å². The zero-order valence-electron chi connectivity index (χ0n) is 10.6. The molecule has 2 rings (SSSR count). The Balaban J connectivity index is 1.90. The average Bonchev–Trinajstić information content (AvgIpc) is 2.70. The Morgan fingerprint density at radius 3 is 2.89 bits per heavy atom. The molecule has 2 aromatic heterocycles. The first-order valence-corrected chi connectivity index (χ1v) is 5.90. The van der Waals surface area contributed by atoms with E-state index >= 15 is 0 Å². The third-order valence-corrected chi connectivity index (χ3v) is 2.81. The van der Waals surface area contributed by atoms with Crippen LogP contribution in [0.2, 0.25) is 0 Å². The lowest BCUT2D eigenvalue weighted by Crippen LogP contribution is -2.26. The molecule has 1 amide bonds. The highest BCUT2D eigenvalue weighted by Crippen LogP contribution is 2.14. The molecule has 0 aromatic carbocycles. The molecule has 2 aromatic rings. The predicted molar refractivity (Wildman–Crippen MR) is 68.5 cm³/mol. The van der Waals surface area contributed by atoms with Gasteiger partial charge in [-0.15, -0.1) is 0 Å². The zero-order chi connectivity index (χ0) is 13.0. The molecule has 18 heavy (non-hydrogen) atoms. The van der Waals surface area contributed by atoms with E-state index in [0.29, 0.717) is 17.9 Å². The van der Waals surface area contributed by atoms with Crippen LogP contribution in [-0.4, -0.2) is 17.4 Å². The van der Waals surface area contributed by atoms with Crippen molar-refractivity contribution in [1.82, 2.24) is 10.3 Å². The maximum absolute atomic E-state index is 12.0. The fourth-order valence-electron chi connectivity index (χ4n) is 1.87. The summed E-state index contributed by atoms with van der Waals surface area (Å²) in [5.74, 6) is 0.578. The van der Waals surface area contributed by atoms with Gasteiger partial charge in [0.25, 0.3) is 5.91 Å². The van der Waals surface area contributed by atoms with E-state index < -0.39 is 0 Å². The van der Waals surface area contributed by atoms with Crippen molar-refractivity contribution in [3.63, 3.8) is 0 Å². The van der Waals surface area contributed by atoms with Crippen molar-refractivity contribution in [2.24, 2.45) is 0 Å². The molecule has 94 valence electrons. The first-order valence-electron chi connectivity index (χ1n) is 5.90. The van der Waals surface area contributed by atoms with Crippen LogP contribution >= 0.6 is 0 Å². The number of hydrogen-bond acceptors (Lipinski definition) is 3. The Hall–Kier alpha value is -2.10. The van der Waals surface area contributed by atoms with Gasteiger partial charge in [0.2, 0.25) is 0 Å². The smallest absolute Gasteiger partial charge is 0.255 e. The van der Waals surface area contributed by atoms with Gasteiger partial charge >= 0.3 is 0 Å². The normalized spacial score (nSPS) is 10.3. The number of nitrogens with zero attached hydrogens (tertiary/aromatic N) is 1. The molecule has 0 aliphatic carbocycles. The SMILES string of the molecule is Cc1coc(C)c1C(=O)NCCc1cccnc1. The number of furan rings is 1. The number of aromatic nitrogens is 1. The summed E-state index contributed by atoms with van der Waals surface area (Å²) in [5, 5.41) is 2.89. The van der Waals surface area contributed by atoms with Crippen molar-refractivity contribution in [2.45, 2.75) is 20.3 Å². The maximum Gasteiger partial charge on any atom is 0.255 e. The van der Waals surface area contributed by atoms with Crippen LogP contribution in [-0.2, 0) is 6.42 Å². The molecule has 1 N–H and O–H groups in total. The van der Waals surface area contributed by atoms with Crippen LogP contribution in [0.3, 0.4) is 0 Å². The minimum absolute atomic E-state index is 0.0809. The largest absolute Gasteiger partial charge is 0.469 e. The van der Waals surface area contributed by atoms with Gasteiger partial charge in [-0.05, 0) is 31.9 Å². The fourth-order valence-corrected chi connectivity index (χ4v) is 1.87. The zero-order valence-corrected chi connectivity index (χ0v) is 10.6. The van der Waals surface area contributed by atoms with Gasteiger partial charge in [0, 0.05) is 24.5 Å². The quantitative estimate of drug-likeness (QED) is 0.897. The number of pyridine rings is 1. The summed E-state index contributed by atoms with van der Waals surface area (Å²) in [6, 6.07) is 3.88. The summed E-state index contributed by atoms with van der Waals surface area (Å²) in [6.07, 6.45) is 5.92. The van der Waals surface area contributed by atoms with Crippen molar-refractivity contribution in [3.8, 4) is 0 Å². The van der Waals surface area contributed by atoms with Gasteiger partial charge in [0.1, 0.15) is 5.76 Å². The van der Waals surface area contributed by atoms with E-state index in [9.17, 15) is 4.79 Å². The van der Waals surface area contributed by atoms with Crippen LogP contribution in [0, 0.1) is 13.8 Å². The summed E-state index contributed by atoms with van der Waals surface area (Å²) in [4.78, 5) is 16.0. The number of carbonyl (C=O) groups excluding carboxylic acids is 1. The fraction of sp³-hybridized carbons (Fsp3) is 0.286. The third-order valence-electron chi connectivity index (χ3n) is 2.81. The highest BCUT2D eigenvalue weighted by Gasteiger charge is 2.14. The molecule has 0 unspecified atom stereocenters. The number of rotatable bonds is 4. The van der Waals surface area contributed by atoms with Crippen molar-refractivity contribution in [3.05, 3.63) is 53.2 Å². The lowest BCUT2D eigenvalue weighted by molar-refractivity contribution is 0.0952. The van der Waals surface area contributed by atoms with E-state index in [4.69, 9.17) is 4.42 Å². The van der Waals surface area contributed by atoms with E-state index in [0.717, 1.165) is 17.5 Å². The first kappa shape index (κ1) is 12.4. The van der Waals surface area contributed by atoms with Gasteiger partial charge in [-0.3, -0.25) is 9.78 Å². The Morgan fingerprint density at radius 1 is 1.44 bits per heavy atom. The highest BCUT2D eigenvalue weighted by atomic mass is 16.3. The van der Waals surface area contributed by atoms with E-state index in [2.05, 4.69) is 10.3 Å². The van der Waals surface area contributed by atoms with Gasteiger partial charge < -0.3 is 9.73 Å². The number of hydrogen-bond donors (Lipinski definition) is 1. The second-order valence-electron chi connectivity index (χ2n) is 4.22. The van der Waals surface area contributed by atoms with E-state index in [1.807, 2.05) is 19.1 Å². The number of amides is 1. The van der Waals surface area contributed by atoms with Crippen LogP contribution in [0.1, 0.15) is 27.2 Å². The van der Waals surface area contributed by atoms with Crippen LogP contribution in [0.25, 0.3) is 0 Å². The number of carbonyl (C=O) groups is 1. The van der Waals surface area contributed by atoms with Gasteiger partial charge in [0.15, 0.2) is 0 Å². The van der Waals surface area contributed by atoms with Crippen LogP contribution in [0.5, 0.6) is 0 Å². The van der Waals surface area contributed by atoms with E-state index in [1.54, 1.807) is 25.6 Å². The Morgan fingerprint density at radius 2 is 2.28 bits per heavy atom. The van der Waals surface area contributed by atoms with Gasteiger partial charge in [-0.25, -0.2) is 0 Å². The molecular formula is C14H16N2O2. The standard InChI is InChI=1S/C14H16N2O2/c1-10-9-18-11(2)13(10)14(17)16-7-5-12-4-3-6-15-8-12/h3-4,6,8-9H,5,7H2,1-2H3,(H,16,17). The summed E-state index contributed by atoms with van der Waals surface area (Å²) in [6.45, 7) is 4.25. The molecule has 0 aliphatic rings. The highest BCUT2D eigenvalue weighted by molar-refractivity contribution is 5.96. The van der Waals surface area contributed by atoms with Gasteiger partial charge in [-0.2, -0.15) is 0 Å². The minimum Gasteiger partial charge on any atom is -0.469 e. The molecule has 4 heteroatoms. The molecule has 0 atom stereocenters. The van der Waals surface area contributed by atoms with E-state index in [-0.39, 0.29) is 5.91 Å². The van der Waals surface area contributed by atoms with Crippen molar-refractivity contribution in [2.75, 3.05) is 6.54 Å². The molecule has 0 bridgehead atoms.